The SMILES string of the molecule is Cc1cc(Nc2ccc(Cl)c(Cl)c2)ccc1C#N. The fourth-order valence-electron chi connectivity index (χ4n) is 1.61. The Balaban J connectivity index is 2.26. The van der Waals surface area contributed by atoms with Crippen molar-refractivity contribution in [2.24, 2.45) is 0 Å². The molecule has 2 aromatic rings. The molecule has 1 N–H and O–H groups in total. The van der Waals surface area contributed by atoms with E-state index in [9.17, 15) is 0 Å². The summed E-state index contributed by atoms with van der Waals surface area (Å²) in [6.45, 7) is 1.90. The highest BCUT2D eigenvalue weighted by molar-refractivity contribution is 6.42. The van der Waals surface area contributed by atoms with Crippen LogP contribution in [0.5, 0.6) is 0 Å². The van der Waals surface area contributed by atoms with Crippen molar-refractivity contribution in [3.63, 3.8) is 0 Å². The maximum atomic E-state index is 8.86. The van der Waals surface area contributed by atoms with Gasteiger partial charge in [0.2, 0.25) is 0 Å². The molecule has 2 aromatic carbocycles. The molecule has 0 atom stereocenters. The van der Waals surface area contributed by atoms with E-state index in [-0.39, 0.29) is 0 Å². The zero-order valence-corrected chi connectivity index (χ0v) is 11.2. The predicted molar refractivity (Wildman–Crippen MR) is 75.6 cm³/mol. The first-order valence-corrected chi connectivity index (χ1v) is 6.08. The number of anilines is 2. The Morgan fingerprint density at radius 1 is 1.00 bits per heavy atom. The lowest BCUT2D eigenvalue weighted by molar-refractivity contribution is 1.39. The smallest absolute Gasteiger partial charge is 0.0994 e. The monoisotopic (exact) mass is 276 g/mol. The van der Waals surface area contributed by atoms with Crippen molar-refractivity contribution in [2.75, 3.05) is 5.32 Å². The summed E-state index contributed by atoms with van der Waals surface area (Å²) in [7, 11) is 0. The highest BCUT2D eigenvalue weighted by Crippen LogP contribution is 2.27. The summed E-state index contributed by atoms with van der Waals surface area (Å²) in [4.78, 5) is 0. The van der Waals surface area contributed by atoms with E-state index in [0.29, 0.717) is 15.6 Å². The Morgan fingerprint density at radius 2 is 1.67 bits per heavy atom. The van der Waals surface area contributed by atoms with Crippen LogP contribution in [0.1, 0.15) is 11.1 Å². The van der Waals surface area contributed by atoms with Gasteiger partial charge in [0.15, 0.2) is 0 Å². The molecule has 2 rings (SSSR count). The lowest BCUT2D eigenvalue weighted by Gasteiger charge is -2.08. The fourth-order valence-corrected chi connectivity index (χ4v) is 1.91. The van der Waals surface area contributed by atoms with Gasteiger partial charge in [0.05, 0.1) is 21.7 Å². The van der Waals surface area contributed by atoms with Crippen molar-refractivity contribution >= 4 is 34.6 Å². The summed E-state index contributed by atoms with van der Waals surface area (Å²) in [5.41, 5.74) is 3.37. The lowest BCUT2D eigenvalue weighted by Crippen LogP contribution is -1.92. The largest absolute Gasteiger partial charge is 0.355 e. The molecule has 0 unspecified atom stereocenters. The zero-order chi connectivity index (χ0) is 13.1. The van der Waals surface area contributed by atoms with E-state index in [1.807, 2.05) is 25.1 Å². The first-order chi connectivity index (χ1) is 8.60. The maximum absolute atomic E-state index is 8.86. The van der Waals surface area contributed by atoms with Gasteiger partial charge in [0.25, 0.3) is 0 Å². The zero-order valence-electron chi connectivity index (χ0n) is 9.67. The molecule has 0 amide bonds. The molecule has 0 aliphatic carbocycles. The summed E-state index contributed by atoms with van der Waals surface area (Å²) in [6, 6.07) is 13.0. The molecule has 18 heavy (non-hydrogen) atoms. The van der Waals surface area contributed by atoms with Crippen molar-refractivity contribution in [1.82, 2.24) is 0 Å². The Kier molecular flexibility index (Phi) is 3.76. The van der Waals surface area contributed by atoms with Crippen molar-refractivity contribution in [1.29, 1.82) is 5.26 Å². The van der Waals surface area contributed by atoms with Crippen LogP contribution in [0, 0.1) is 18.3 Å². The second-order valence-corrected chi connectivity index (χ2v) is 4.71. The van der Waals surface area contributed by atoms with Crippen molar-refractivity contribution in [3.8, 4) is 6.07 Å². The van der Waals surface area contributed by atoms with Crippen LogP contribution in [0.25, 0.3) is 0 Å². The molecular weight excluding hydrogens is 267 g/mol. The molecular formula is C14H10Cl2N2. The highest BCUT2D eigenvalue weighted by Gasteiger charge is 2.02. The number of hydrogen-bond acceptors (Lipinski definition) is 2. The van der Waals surface area contributed by atoms with Crippen LogP contribution in [0.15, 0.2) is 36.4 Å². The van der Waals surface area contributed by atoms with Gasteiger partial charge in [-0.25, -0.2) is 0 Å². The maximum Gasteiger partial charge on any atom is 0.0994 e. The molecule has 0 fully saturated rings. The molecule has 0 spiro atoms. The Labute approximate surface area is 116 Å². The second-order valence-electron chi connectivity index (χ2n) is 3.90. The van der Waals surface area contributed by atoms with Gasteiger partial charge < -0.3 is 5.32 Å². The number of nitrogens with zero attached hydrogens (tertiary/aromatic N) is 1. The van der Waals surface area contributed by atoms with Gasteiger partial charge in [-0.3, -0.25) is 0 Å². The van der Waals surface area contributed by atoms with Gasteiger partial charge in [0.1, 0.15) is 0 Å². The molecule has 90 valence electrons. The van der Waals surface area contributed by atoms with Crippen molar-refractivity contribution in [2.45, 2.75) is 6.92 Å². The Bertz CT molecular complexity index is 630. The van der Waals surface area contributed by atoms with Crippen LogP contribution in [0.4, 0.5) is 11.4 Å². The van der Waals surface area contributed by atoms with Gasteiger partial charge >= 0.3 is 0 Å². The average Bonchev–Trinajstić information content (AvgIpc) is 2.34. The number of halogens is 2. The van der Waals surface area contributed by atoms with Gasteiger partial charge in [0, 0.05) is 11.4 Å². The first-order valence-electron chi connectivity index (χ1n) is 5.33. The molecule has 4 heteroatoms. The molecule has 0 aliphatic heterocycles. The van der Waals surface area contributed by atoms with Gasteiger partial charge in [-0.05, 0) is 48.9 Å². The number of aryl methyl sites for hydroxylation is 1. The van der Waals surface area contributed by atoms with E-state index in [2.05, 4.69) is 11.4 Å². The minimum absolute atomic E-state index is 0.507. The van der Waals surface area contributed by atoms with E-state index in [4.69, 9.17) is 28.5 Å². The van der Waals surface area contributed by atoms with Crippen LogP contribution in [-0.2, 0) is 0 Å². The minimum Gasteiger partial charge on any atom is -0.355 e. The third-order valence-corrected chi connectivity index (χ3v) is 3.29. The van der Waals surface area contributed by atoms with E-state index in [1.165, 1.54) is 0 Å². The highest BCUT2D eigenvalue weighted by atomic mass is 35.5. The van der Waals surface area contributed by atoms with Gasteiger partial charge in [-0.15, -0.1) is 0 Å². The van der Waals surface area contributed by atoms with Crippen LogP contribution in [0.3, 0.4) is 0 Å². The summed E-state index contributed by atoms with van der Waals surface area (Å²) >= 11 is 11.8. The molecule has 0 saturated heterocycles. The molecule has 2 nitrogen and oxygen atoms in total. The third-order valence-electron chi connectivity index (χ3n) is 2.56. The summed E-state index contributed by atoms with van der Waals surface area (Å²) < 4.78 is 0. The van der Waals surface area contributed by atoms with E-state index >= 15 is 0 Å². The van der Waals surface area contributed by atoms with Gasteiger partial charge in [-0.1, -0.05) is 23.2 Å². The van der Waals surface area contributed by atoms with Gasteiger partial charge in [-0.2, -0.15) is 5.26 Å². The van der Waals surface area contributed by atoms with Crippen LogP contribution in [0.2, 0.25) is 10.0 Å². The molecule has 0 radical (unpaired) electrons. The summed E-state index contributed by atoms with van der Waals surface area (Å²) in [5, 5.41) is 13.1. The summed E-state index contributed by atoms with van der Waals surface area (Å²) in [5.74, 6) is 0. The second kappa shape index (κ2) is 5.30. The Morgan fingerprint density at radius 3 is 2.28 bits per heavy atom. The van der Waals surface area contributed by atoms with E-state index in [1.54, 1.807) is 18.2 Å². The molecule has 0 aromatic heterocycles. The first kappa shape index (κ1) is 12.8. The van der Waals surface area contributed by atoms with E-state index in [0.717, 1.165) is 16.9 Å². The lowest BCUT2D eigenvalue weighted by atomic mass is 10.1. The van der Waals surface area contributed by atoms with Crippen LogP contribution in [-0.4, -0.2) is 0 Å². The number of nitrogens with one attached hydrogen (secondary N) is 1. The summed E-state index contributed by atoms with van der Waals surface area (Å²) in [6.07, 6.45) is 0. The molecule has 0 aliphatic rings. The third kappa shape index (κ3) is 2.76. The standard InChI is InChI=1S/C14H10Cl2N2/c1-9-6-11(3-2-10(9)8-17)18-12-4-5-13(15)14(16)7-12/h2-7,18H,1H3. The van der Waals surface area contributed by atoms with Crippen molar-refractivity contribution < 1.29 is 0 Å². The number of rotatable bonds is 2. The quantitative estimate of drug-likeness (QED) is 0.845. The van der Waals surface area contributed by atoms with Crippen molar-refractivity contribution in [3.05, 3.63) is 57.6 Å². The molecule has 0 saturated carbocycles. The molecule has 0 bridgehead atoms. The predicted octanol–water partition coefficient (Wildman–Crippen LogP) is 4.92. The van der Waals surface area contributed by atoms with E-state index < -0.39 is 0 Å². The average molecular weight is 277 g/mol. The van der Waals surface area contributed by atoms with Crippen LogP contribution >= 0.6 is 23.2 Å². The van der Waals surface area contributed by atoms with Crippen LogP contribution < -0.4 is 5.32 Å². The Hall–Kier alpha value is -1.69. The topological polar surface area (TPSA) is 35.8 Å². The number of benzene rings is 2. The number of hydrogen-bond donors (Lipinski definition) is 1. The number of nitriles is 1. The fraction of sp³-hybridized carbons (Fsp3) is 0.0714. The minimum atomic E-state index is 0.507. The molecule has 0 heterocycles. The normalized spacial score (nSPS) is 9.89.